The molecule has 0 spiro atoms. The average molecular weight is 263 g/mol. The maximum atomic E-state index is 13.5. The van der Waals surface area contributed by atoms with Crippen molar-refractivity contribution in [3.05, 3.63) is 35.1 Å². The molecule has 2 atom stereocenters. The van der Waals surface area contributed by atoms with Gasteiger partial charge in [0.15, 0.2) is 0 Å². The van der Waals surface area contributed by atoms with Gasteiger partial charge in [-0.1, -0.05) is 20.3 Å². The summed E-state index contributed by atoms with van der Waals surface area (Å²) in [4.78, 5) is 0. The quantitative estimate of drug-likeness (QED) is 0.806. The van der Waals surface area contributed by atoms with E-state index in [0.717, 1.165) is 24.6 Å². The fourth-order valence-electron chi connectivity index (χ4n) is 1.73. The lowest BCUT2D eigenvalue weighted by atomic mass is 9.93. The van der Waals surface area contributed by atoms with E-state index >= 15 is 0 Å². The van der Waals surface area contributed by atoms with Crippen molar-refractivity contribution in [3.8, 4) is 0 Å². The van der Waals surface area contributed by atoms with Crippen LogP contribution in [0.3, 0.4) is 0 Å². The molecule has 0 aliphatic heterocycles. The third-order valence-electron chi connectivity index (χ3n) is 3.08. The average Bonchev–Trinajstić information content (AvgIpc) is 2.27. The Morgan fingerprint density at radius 3 is 2.39 bits per heavy atom. The van der Waals surface area contributed by atoms with Gasteiger partial charge in [-0.25, -0.2) is 4.39 Å². The molecular formula is C13H17F4N. The summed E-state index contributed by atoms with van der Waals surface area (Å²) in [6, 6.07) is 1.66. The molecule has 0 aliphatic carbocycles. The Bertz CT molecular complexity index is 400. The summed E-state index contributed by atoms with van der Waals surface area (Å²) in [7, 11) is 0. The first-order valence-corrected chi connectivity index (χ1v) is 5.88. The van der Waals surface area contributed by atoms with Crippen molar-refractivity contribution >= 4 is 0 Å². The first-order valence-electron chi connectivity index (χ1n) is 5.88. The predicted octanol–water partition coefficient (Wildman–Crippen LogP) is 4.28. The standard InChI is InChI=1S/C13H17F4N/c1-3-8(2)6-12(18)10-7-9(13(15,16)17)4-5-11(10)14/h4-5,7-8,12H,3,6,18H2,1-2H3. The SMILES string of the molecule is CCC(C)CC(N)c1cc(C(F)(F)F)ccc1F. The molecule has 0 aliphatic rings. The van der Waals surface area contributed by atoms with E-state index in [1.807, 2.05) is 13.8 Å². The van der Waals surface area contributed by atoms with Gasteiger partial charge in [0, 0.05) is 11.6 Å². The summed E-state index contributed by atoms with van der Waals surface area (Å²) in [5, 5.41) is 0. The van der Waals surface area contributed by atoms with Gasteiger partial charge in [0.25, 0.3) is 0 Å². The number of alkyl halides is 3. The fraction of sp³-hybridized carbons (Fsp3) is 0.538. The van der Waals surface area contributed by atoms with Gasteiger partial charge in [-0.05, 0) is 30.5 Å². The minimum Gasteiger partial charge on any atom is -0.324 e. The zero-order valence-electron chi connectivity index (χ0n) is 10.4. The van der Waals surface area contributed by atoms with Crippen molar-refractivity contribution in [2.24, 2.45) is 11.7 Å². The second-order valence-electron chi connectivity index (χ2n) is 4.59. The van der Waals surface area contributed by atoms with Gasteiger partial charge < -0.3 is 5.73 Å². The maximum absolute atomic E-state index is 13.5. The van der Waals surface area contributed by atoms with Crippen molar-refractivity contribution in [2.45, 2.75) is 38.9 Å². The topological polar surface area (TPSA) is 26.0 Å². The summed E-state index contributed by atoms with van der Waals surface area (Å²) in [6.45, 7) is 3.89. The van der Waals surface area contributed by atoms with Gasteiger partial charge in [0.05, 0.1) is 5.56 Å². The van der Waals surface area contributed by atoms with Crippen LogP contribution in [0.4, 0.5) is 17.6 Å². The van der Waals surface area contributed by atoms with Crippen molar-refractivity contribution in [1.29, 1.82) is 0 Å². The molecule has 0 aromatic heterocycles. The Kier molecular flexibility index (Phi) is 4.73. The second kappa shape index (κ2) is 5.69. The van der Waals surface area contributed by atoms with Gasteiger partial charge in [0.2, 0.25) is 0 Å². The highest BCUT2D eigenvalue weighted by Crippen LogP contribution is 2.32. The Hall–Kier alpha value is -1.10. The molecule has 1 nitrogen and oxygen atoms in total. The van der Waals surface area contributed by atoms with Crippen LogP contribution < -0.4 is 5.73 Å². The number of benzene rings is 1. The highest BCUT2D eigenvalue weighted by Gasteiger charge is 2.31. The molecule has 1 aromatic carbocycles. The van der Waals surface area contributed by atoms with Gasteiger partial charge in [0.1, 0.15) is 5.82 Å². The Labute approximate surface area is 104 Å². The third-order valence-corrected chi connectivity index (χ3v) is 3.08. The van der Waals surface area contributed by atoms with Gasteiger partial charge in [-0.15, -0.1) is 0 Å². The van der Waals surface area contributed by atoms with Crippen LogP contribution in [0.15, 0.2) is 18.2 Å². The fourth-order valence-corrected chi connectivity index (χ4v) is 1.73. The number of hydrogen-bond acceptors (Lipinski definition) is 1. The molecule has 0 heterocycles. The van der Waals surface area contributed by atoms with E-state index in [-0.39, 0.29) is 11.5 Å². The first-order chi connectivity index (χ1) is 8.25. The maximum Gasteiger partial charge on any atom is 0.416 e. The van der Waals surface area contributed by atoms with Crippen LogP contribution in [0.2, 0.25) is 0 Å². The van der Waals surface area contributed by atoms with E-state index in [4.69, 9.17) is 5.73 Å². The van der Waals surface area contributed by atoms with E-state index < -0.39 is 23.6 Å². The molecule has 18 heavy (non-hydrogen) atoms. The van der Waals surface area contributed by atoms with Gasteiger partial charge >= 0.3 is 6.18 Å². The van der Waals surface area contributed by atoms with Crippen LogP contribution in [-0.4, -0.2) is 0 Å². The van der Waals surface area contributed by atoms with E-state index in [9.17, 15) is 17.6 Å². The zero-order valence-corrected chi connectivity index (χ0v) is 10.4. The van der Waals surface area contributed by atoms with E-state index in [1.165, 1.54) is 0 Å². The normalized spacial score (nSPS) is 15.5. The number of hydrogen-bond donors (Lipinski definition) is 1. The predicted molar refractivity (Wildman–Crippen MR) is 62.4 cm³/mol. The highest BCUT2D eigenvalue weighted by atomic mass is 19.4. The van der Waals surface area contributed by atoms with Crippen LogP contribution in [0.1, 0.15) is 43.9 Å². The van der Waals surface area contributed by atoms with Crippen molar-refractivity contribution in [1.82, 2.24) is 0 Å². The molecule has 5 heteroatoms. The Morgan fingerprint density at radius 1 is 1.28 bits per heavy atom. The lowest BCUT2D eigenvalue weighted by molar-refractivity contribution is -0.137. The Balaban J connectivity index is 3.00. The molecule has 0 bridgehead atoms. The molecule has 102 valence electrons. The summed E-state index contributed by atoms with van der Waals surface area (Å²) < 4.78 is 51.1. The molecule has 2 N–H and O–H groups in total. The first kappa shape index (κ1) is 15.0. The van der Waals surface area contributed by atoms with Crippen molar-refractivity contribution in [3.63, 3.8) is 0 Å². The highest BCUT2D eigenvalue weighted by molar-refractivity contribution is 5.29. The van der Waals surface area contributed by atoms with Crippen LogP contribution in [0, 0.1) is 11.7 Å². The van der Waals surface area contributed by atoms with Crippen LogP contribution in [0.5, 0.6) is 0 Å². The number of nitrogens with two attached hydrogens (primary N) is 1. The molecule has 0 radical (unpaired) electrons. The summed E-state index contributed by atoms with van der Waals surface area (Å²) in [6.07, 6.45) is -3.15. The van der Waals surface area contributed by atoms with E-state index in [1.54, 1.807) is 0 Å². The minimum absolute atomic E-state index is 0.0647. The van der Waals surface area contributed by atoms with Crippen molar-refractivity contribution in [2.75, 3.05) is 0 Å². The molecule has 1 aromatic rings. The molecule has 2 unspecified atom stereocenters. The lowest BCUT2D eigenvalue weighted by Crippen LogP contribution is -2.17. The second-order valence-corrected chi connectivity index (χ2v) is 4.59. The van der Waals surface area contributed by atoms with Gasteiger partial charge in [-0.3, -0.25) is 0 Å². The molecule has 0 saturated carbocycles. The molecule has 0 fully saturated rings. The summed E-state index contributed by atoms with van der Waals surface area (Å²) in [5.74, 6) is -0.437. The lowest BCUT2D eigenvalue weighted by Gasteiger charge is -2.18. The van der Waals surface area contributed by atoms with Crippen LogP contribution >= 0.6 is 0 Å². The zero-order chi connectivity index (χ0) is 13.9. The van der Waals surface area contributed by atoms with Gasteiger partial charge in [-0.2, -0.15) is 13.2 Å². The monoisotopic (exact) mass is 263 g/mol. The number of halogens is 4. The smallest absolute Gasteiger partial charge is 0.324 e. The molecule has 1 rings (SSSR count). The summed E-state index contributed by atoms with van der Waals surface area (Å²) in [5.41, 5.74) is 4.85. The van der Waals surface area contributed by atoms with Crippen molar-refractivity contribution < 1.29 is 17.6 Å². The largest absolute Gasteiger partial charge is 0.416 e. The van der Waals surface area contributed by atoms with Crippen LogP contribution in [0.25, 0.3) is 0 Å². The number of rotatable bonds is 4. The molecular weight excluding hydrogens is 246 g/mol. The Morgan fingerprint density at radius 2 is 1.89 bits per heavy atom. The minimum atomic E-state index is -4.47. The molecule has 0 amide bonds. The third kappa shape index (κ3) is 3.70. The van der Waals surface area contributed by atoms with E-state index in [2.05, 4.69) is 0 Å². The van der Waals surface area contributed by atoms with Crippen LogP contribution in [-0.2, 0) is 6.18 Å². The summed E-state index contributed by atoms with van der Waals surface area (Å²) >= 11 is 0. The molecule has 0 saturated heterocycles. The van der Waals surface area contributed by atoms with E-state index in [0.29, 0.717) is 6.42 Å².